The van der Waals surface area contributed by atoms with Gasteiger partial charge in [-0.2, -0.15) is 0 Å². The molecule has 98 valence electrons. The third kappa shape index (κ3) is 2.46. The summed E-state index contributed by atoms with van der Waals surface area (Å²) in [5, 5.41) is 3.26. The minimum absolute atomic E-state index is 0.237. The van der Waals surface area contributed by atoms with Crippen molar-refractivity contribution in [2.24, 2.45) is 5.41 Å². The minimum atomic E-state index is -0.265. The Morgan fingerprint density at radius 2 is 2.28 bits per heavy atom. The average molecular weight is 249 g/mol. The summed E-state index contributed by atoms with van der Waals surface area (Å²) >= 11 is 0. The van der Waals surface area contributed by atoms with E-state index in [9.17, 15) is 9.18 Å². The summed E-state index contributed by atoms with van der Waals surface area (Å²) in [7, 11) is 0. The summed E-state index contributed by atoms with van der Waals surface area (Å²) in [6.45, 7) is 5.65. The van der Waals surface area contributed by atoms with Gasteiger partial charge in [0.15, 0.2) is 0 Å². The van der Waals surface area contributed by atoms with Gasteiger partial charge >= 0.3 is 0 Å². The molecule has 0 aromatic heterocycles. The minimum Gasteiger partial charge on any atom is -0.316 e. The molecule has 1 atom stereocenters. The van der Waals surface area contributed by atoms with E-state index in [2.05, 4.69) is 12.2 Å². The van der Waals surface area contributed by atoms with Crippen LogP contribution in [0.4, 0.5) is 4.39 Å². The van der Waals surface area contributed by atoms with Crippen molar-refractivity contribution in [3.8, 4) is 0 Å². The molecule has 1 unspecified atom stereocenters. The zero-order chi connectivity index (χ0) is 13.2. The monoisotopic (exact) mass is 249 g/mol. The maximum Gasteiger partial charge on any atom is 0.144 e. The Morgan fingerprint density at radius 3 is 2.89 bits per heavy atom. The Morgan fingerprint density at radius 1 is 1.50 bits per heavy atom. The number of carbonyl (C=O) groups is 1. The Hall–Kier alpha value is -1.22. The molecule has 1 fully saturated rings. The van der Waals surface area contributed by atoms with Crippen molar-refractivity contribution in [1.82, 2.24) is 5.32 Å². The van der Waals surface area contributed by atoms with Gasteiger partial charge in [-0.3, -0.25) is 4.79 Å². The summed E-state index contributed by atoms with van der Waals surface area (Å²) in [4.78, 5) is 12.5. The maximum atomic E-state index is 13.2. The molecule has 2 nitrogen and oxygen atoms in total. The SMILES string of the molecule is CCC1(C(=O)Cc2cc(F)ccc2C)CCNC1. The molecule has 1 aliphatic heterocycles. The second-order valence-electron chi connectivity index (χ2n) is 5.23. The van der Waals surface area contributed by atoms with Crippen LogP contribution in [-0.4, -0.2) is 18.9 Å². The highest BCUT2D eigenvalue weighted by atomic mass is 19.1. The number of rotatable bonds is 4. The van der Waals surface area contributed by atoms with E-state index >= 15 is 0 Å². The molecule has 1 saturated heterocycles. The number of ketones is 1. The molecule has 0 spiro atoms. The van der Waals surface area contributed by atoms with Crippen LogP contribution in [0, 0.1) is 18.2 Å². The predicted octanol–water partition coefficient (Wildman–Crippen LogP) is 2.64. The van der Waals surface area contributed by atoms with E-state index in [0.29, 0.717) is 6.42 Å². The molecule has 1 aromatic rings. The predicted molar refractivity (Wildman–Crippen MR) is 70.1 cm³/mol. The fraction of sp³-hybridized carbons (Fsp3) is 0.533. The van der Waals surface area contributed by atoms with Crippen molar-refractivity contribution in [1.29, 1.82) is 0 Å². The van der Waals surface area contributed by atoms with Gasteiger partial charge in [-0.1, -0.05) is 13.0 Å². The topological polar surface area (TPSA) is 29.1 Å². The summed E-state index contributed by atoms with van der Waals surface area (Å²) in [6.07, 6.45) is 2.10. The number of Topliss-reactive ketones (excluding diaryl/α,β-unsaturated/α-hetero) is 1. The molecule has 1 N–H and O–H groups in total. The largest absolute Gasteiger partial charge is 0.316 e. The summed E-state index contributed by atoms with van der Waals surface area (Å²) in [6, 6.07) is 4.67. The highest BCUT2D eigenvalue weighted by molar-refractivity contribution is 5.87. The molecule has 0 radical (unpaired) electrons. The van der Waals surface area contributed by atoms with Crippen molar-refractivity contribution in [3.63, 3.8) is 0 Å². The van der Waals surface area contributed by atoms with Crippen LogP contribution in [0.3, 0.4) is 0 Å². The second-order valence-corrected chi connectivity index (χ2v) is 5.23. The quantitative estimate of drug-likeness (QED) is 0.888. The zero-order valence-corrected chi connectivity index (χ0v) is 11.1. The molecule has 0 saturated carbocycles. The van der Waals surface area contributed by atoms with Gasteiger partial charge in [-0.15, -0.1) is 0 Å². The number of aryl methyl sites for hydroxylation is 1. The molecule has 0 aliphatic carbocycles. The van der Waals surface area contributed by atoms with Gasteiger partial charge in [0.05, 0.1) is 0 Å². The van der Waals surface area contributed by atoms with E-state index in [4.69, 9.17) is 0 Å². The van der Waals surface area contributed by atoms with Crippen LogP contribution in [0.15, 0.2) is 18.2 Å². The zero-order valence-electron chi connectivity index (χ0n) is 11.1. The van der Waals surface area contributed by atoms with Crippen LogP contribution in [0.2, 0.25) is 0 Å². The molecule has 0 bridgehead atoms. The Kier molecular flexibility index (Phi) is 3.81. The molecular weight excluding hydrogens is 229 g/mol. The van der Waals surface area contributed by atoms with Gasteiger partial charge in [0.1, 0.15) is 11.6 Å². The number of hydrogen-bond acceptors (Lipinski definition) is 2. The highest BCUT2D eigenvalue weighted by Gasteiger charge is 2.38. The molecule has 0 amide bonds. The van der Waals surface area contributed by atoms with Crippen LogP contribution in [0.25, 0.3) is 0 Å². The van der Waals surface area contributed by atoms with E-state index in [1.165, 1.54) is 12.1 Å². The van der Waals surface area contributed by atoms with Crippen molar-refractivity contribution >= 4 is 5.78 Å². The molecule has 1 aromatic carbocycles. The molecule has 2 rings (SSSR count). The lowest BCUT2D eigenvalue weighted by molar-refractivity contribution is -0.127. The standard InChI is InChI=1S/C15H20FNO/c1-3-15(6-7-17-10-15)14(18)9-12-8-13(16)5-4-11(12)2/h4-5,8,17H,3,6-7,9-10H2,1-2H3. The summed E-state index contributed by atoms with van der Waals surface area (Å²) < 4.78 is 13.2. The summed E-state index contributed by atoms with van der Waals surface area (Å²) in [5.74, 6) is -0.0257. The number of benzene rings is 1. The molecule has 3 heteroatoms. The number of hydrogen-bond donors (Lipinski definition) is 1. The highest BCUT2D eigenvalue weighted by Crippen LogP contribution is 2.32. The van der Waals surface area contributed by atoms with Crippen molar-refractivity contribution in [2.75, 3.05) is 13.1 Å². The van der Waals surface area contributed by atoms with E-state index in [-0.39, 0.29) is 17.0 Å². The first-order valence-electron chi connectivity index (χ1n) is 6.56. The van der Waals surface area contributed by atoms with Crippen LogP contribution >= 0.6 is 0 Å². The first-order chi connectivity index (χ1) is 8.57. The van der Waals surface area contributed by atoms with Crippen LogP contribution in [0.5, 0.6) is 0 Å². The molecule has 1 heterocycles. The Balaban J connectivity index is 2.18. The van der Waals surface area contributed by atoms with Gasteiger partial charge in [-0.25, -0.2) is 4.39 Å². The van der Waals surface area contributed by atoms with Gasteiger partial charge in [0.2, 0.25) is 0 Å². The number of carbonyl (C=O) groups excluding carboxylic acids is 1. The van der Waals surface area contributed by atoms with Crippen molar-refractivity contribution in [2.45, 2.75) is 33.1 Å². The van der Waals surface area contributed by atoms with Gasteiger partial charge in [0.25, 0.3) is 0 Å². The van der Waals surface area contributed by atoms with Gasteiger partial charge in [-0.05, 0) is 49.6 Å². The van der Waals surface area contributed by atoms with Gasteiger partial charge in [0, 0.05) is 18.4 Å². The Labute approximate surface area is 108 Å². The maximum absolute atomic E-state index is 13.2. The number of nitrogens with one attached hydrogen (secondary N) is 1. The third-order valence-corrected chi connectivity index (χ3v) is 4.17. The fourth-order valence-electron chi connectivity index (χ4n) is 2.67. The Bertz CT molecular complexity index is 450. The lowest BCUT2D eigenvalue weighted by atomic mass is 9.77. The van der Waals surface area contributed by atoms with Crippen molar-refractivity contribution in [3.05, 3.63) is 35.1 Å². The van der Waals surface area contributed by atoms with Crippen LogP contribution in [-0.2, 0) is 11.2 Å². The third-order valence-electron chi connectivity index (χ3n) is 4.17. The smallest absolute Gasteiger partial charge is 0.144 e. The first-order valence-corrected chi connectivity index (χ1v) is 6.56. The van der Waals surface area contributed by atoms with E-state index in [1.807, 2.05) is 6.92 Å². The van der Waals surface area contributed by atoms with Crippen LogP contribution in [0.1, 0.15) is 30.9 Å². The van der Waals surface area contributed by atoms with E-state index < -0.39 is 0 Å². The number of halogens is 1. The lowest BCUT2D eigenvalue weighted by Gasteiger charge is -2.25. The molecule has 18 heavy (non-hydrogen) atoms. The average Bonchev–Trinajstić information content (AvgIpc) is 2.84. The normalized spacial score (nSPS) is 23.3. The lowest BCUT2D eigenvalue weighted by Crippen LogP contribution is -2.34. The van der Waals surface area contributed by atoms with E-state index in [0.717, 1.165) is 37.1 Å². The molecular formula is C15H20FNO. The molecule has 1 aliphatic rings. The van der Waals surface area contributed by atoms with Crippen molar-refractivity contribution < 1.29 is 9.18 Å². The van der Waals surface area contributed by atoms with Gasteiger partial charge < -0.3 is 5.32 Å². The van der Waals surface area contributed by atoms with Crippen LogP contribution < -0.4 is 5.32 Å². The summed E-state index contributed by atoms with van der Waals surface area (Å²) in [5.41, 5.74) is 1.57. The fourth-order valence-corrected chi connectivity index (χ4v) is 2.67. The van der Waals surface area contributed by atoms with E-state index in [1.54, 1.807) is 6.07 Å². The second kappa shape index (κ2) is 5.19. The first kappa shape index (κ1) is 13.2.